The fourth-order valence-electron chi connectivity index (χ4n) is 1.34. The molecular weight excluding hydrogens is 178 g/mol. The lowest BCUT2D eigenvalue weighted by atomic mass is 9.99. The van der Waals surface area contributed by atoms with Crippen LogP contribution in [-0.4, -0.2) is 22.7 Å². The van der Waals surface area contributed by atoms with Gasteiger partial charge in [0, 0.05) is 5.92 Å². The topological polar surface area (TPSA) is 49.3 Å². The average Bonchev–Trinajstić information content (AvgIpc) is 2.53. The highest BCUT2D eigenvalue weighted by Gasteiger charge is 2.27. The SMILES string of the molecule is CC(NC(=O)C1CC=CC1)C(C)(C)O. The minimum absolute atomic E-state index is 0.0459. The lowest BCUT2D eigenvalue weighted by Gasteiger charge is -2.27. The standard InChI is InChI=1S/C11H19NO2/c1-8(11(2,3)14)12-10(13)9-6-4-5-7-9/h4-5,8-9,14H,6-7H2,1-3H3,(H,12,13). The monoisotopic (exact) mass is 197 g/mol. The minimum Gasteiger partial charge on any atom is -0.388 e. The van der Waals surface area contributed by atoms with E-state index in [9.17, 15) is 9.90 Å². The Bertz CT molecular complexity index is 232. The molecule has 3 nitrogen and oxygen atoms in total. The van der Waals surface area contributed by atoms with Crippen LogP contribution >= 0.6 is 0 Å². The quantitative estimate of drug-likeness (QED) is 0.668. The van der Waals surface area contributed by atoms with E-state index in [2.05, 4.69) is 5.32 Å². The van der Waals surface area contributed by atoms with Gasteiger partial charge in [0.25, 0.3) is 0 Å². The van der Waals surface area contributed by atoms with Crippen LogP contribution in [0.15, 0.2) is 12.2 Å². The van der Waals surface area contributed by atoms with Gasteiger partial charge in [-0.3, -0.25) is 4.79 Å². The Kier molecular flexibility index (Phi) is 3.32. The summed E-state index contributed by atoms with van der Waals surface area (Å²) in [6, 6.07) is -0.212. The van der Waals surface area contributed by atoms with Gasteiger partial charge in [0.2, 0.25) is 5.91 Å². The van der Waals surface area contributed by atoms with Crippen molar-refractivity contribution in [2.45, 2.75) is 45.3 Å². The maximum absolute atomic E-state index is 11.6. The number of carbonyl (C=O) groups excluding carboxylic acids is 1. The molecular formula is C11H19NO2. The van der Waals surface area contributed by atoms with E-state index in [-0.39, 0.29) is 17.9 Å². The van der Waals surface area contributed by atoms with Gasteiger partial charge in [-0.05, 0) is 33.6 Å². The van der Waals surface area contributed by atoms with Crippen molar-refractivity contribution in [2.75, 3.05) is 0 Å². The third-order valence-corrected chi connectivity index (χ3v) is 2.80. The average molecular weight is 197 g/mol. The lowest BCUT2D eigenvalue weighted by Crippen LogP contribution is -2.48. The summed E-state index contributed by atoms with van der Waals surface area (Å²) in [5, 5.41) is 12.5. The summed E-state index contributed by atoms with van der Waals surface area (Å²) in [6.45, 7) is 5.22. The van der Waals surface area contributed by atoms with Crippen LogP contribution < -0.4 is 5.32 Å². The molecule has 0 saturated heterocycles. The molecule has 0 aliphatic heterocycles. The Morgan fingerprint density at radius 3 is 2.43 bits per heavy atom. The van der Waals surface area contributed by atoms with Gasteiger partial charge in [0.1, 0.15) is 0 Å². The molecule has 1 rings (SSSR count). The van der Waals surface area contributed by atoms with Crippen molar-refractivity contribution in [1.29, 1.82) is 0 Å². The molecule has 0 fully saturated rings. The number of hydrogen-bond acceptors (Lipinski definition) is 2. The van der Waals surface area contributed by atoms with Gasteiger partial charge in [-0.2, -0.15) is 0 Å². The highest BCUT2D eigenvalue weighted by molar-refractivity contribution is 5.79. The summed E-state index contributed by atoms with van der Waals surface area (Å²) in [5.74, 6) is 0.115. The highest BCUT2D eigenvalue weighted by atomic mass is 16.3. The van der Waals surface area contributed by atoms with Gasteiger partial charge in [-0.1, -0.05) is 12.2 Å². The van der Waals surface area contributed by atoms with Crippen molar-refractivity contribution in [3.05, 3.63) is 12.2 Å². The predicted molar refractivity (Wildman–Crippen MR) is 55.8 cm³/mol. The molecule has 80 valence electrons. The van der Waals surface area contributed by atoms with Crippen LogP contribution in [0.25, 0.3) is 0 Å². The summed E-state index contributed by atoms with van der Waals surface area (Å²) in [5.41, 5.74) is -0.859. The molecule has 0 spiro atoms. The second-order valence-electron chi connectivity index (χ2n) is 4.52. The number of amides is 1. The van der Waals surface area contributed by atoms with E-state index in [4.69, 9.17) is 0 Å². The molecule has 0 aromatic heterocycles. The van der Waals surface area contributed by atoms with Gasteiger partial charge in [-0.25, -0.2) is 0 Å². The number of allylic oxidation sites excluding steroid dienone is 2. The molecule has 1 aliphatic carbocycles. The number of aliphatic hydroxyl groups is 1. The zero-order valence-corrected chi connectivity index (χ0v) is 9.08. The third-order valence-electron chi connectivity index (χ3n) is 2.80. The highest BCUT2D eigenvalue weighted by Crippen LogP contribution is 2.18. The first-order valence-corrected chi connectivity index (χ1v) is 5.09. The predicted octanol–water partition coefficient (Wildman–Crippen LogP) is 1.23. The summed E-state index contributed by atoms with van der Waals surface area (Å²) in [6.07, 6.45) is 5.70. The number of rotatable bonds is 3. The van der Waals surface area contributed by atoms with E-state index in [1.807, 2.05) is 19.1 Å². The Morgan fingerprint density at radius 2 is 2.00 bits per heavy atom. The molecule has 1 amide bonds. The smallest absolute Gasteiger partial charge is 0.224 e. The van der Waals surface area contributed by atoms with Crippen molar-refractivity contribution in [3.8, 4) is 0 Å². The Balaban J connectivity index is 2.40. The minimum atomic E-state index is -0.859. The number of carbonyl (C=O) groups is 1. The van der Waals surface area contributed by atoms with Gasteiger partial charge < -0.3 is 10.4 Å². The molecule has 14 heavy (non-hydrogen) atoms. The van der Waals surface area contributed by atoms with Crippen LogP contribution in [0.3, 0.4) is 0 Å². The van der Waals surface area contributed by atoms with Crippen LogP contribution in [-0.2, 0) is 4.79 Å². The van der Waals surface area contributed by atoms with Crippen LogP contribution in [0.5, 0.6) is 0 Å². The molecule has 1 unspecified atom stereocenters. The summed E-state index contributed by atoms with van der Waals surface area (Å²) >= 11 is 0. The fourth-order valence-corrected chi connectivity index (χ4v) is 1.34. The Hall–Kier alpha value is -0.830. The molecule has 3 heteroatoms. The summed E-state index contributed by atoms with van der Waals surface area (Å²) in [7, 11) is 0. The maximum atomic E-state index is 11.6. The summed E-state index contributed by atoms with van der Waals surface area (Å²) in [4.78, 5) is 11.6. The zero-order chi connectivity index (χ0) is 10.8. The number of nitrogens with one attached hydrogen (secondary N) is 1. The molecule has 0 saturated carbocycles. The van der Waals surface area contributed by atoms with Crippen LogP contribution in [0.1, 0.15) is 33.6 Å². The first-order valence-electron chi connectivity index (χ1n) is 5.09. The first-order chi connectivity index (χ1) is 6.41. The third kappa shape index (κ3) is 2.84. The Morgan fingerprint density at radius 1 is 1.50 bits per heavy atom. The first kappa shape index (κ1) is 11.2. The van der Waals surface area contributed by atoms with Crippen molar-refractivity contribution in [1.82, 2.24) is 5.32 Å². The van der Waals surface area contributed by atoms with E-state index in [1.165, 1.54) is 0 Å². The van der Waals surface area contributed by atoms with Crippen LogP contribution in [0.4, 0.5) is 0 Å². The molecule has 0 radical (unpaired) electrons. The van der Waals surface area contributed by atoms with Gasteiger partial charge in [0.15, 0.2) is 0 Å². The van der Waals surface area contributed by atoms with E-state index in [0.717, 1.165) is 12.8 Å². The molecule has 1 aliphatic rings. The van der Waals surface area contributed by atoms with Gasteiger partial charge >= 0.3 is 0 Å². The van der Waals surface area contributed by atoms with Crippen molar-refractivity contribution in [3.63, 3.8) is 0 Å². The fraction of sp³-hybridized carbons (Fsp3) is 0.727. The second-order valence-corrected chi connectivity index (χ2v) is 4.52. The normalized spacial score (nSPS) is 19.7. The Labute approximate surface area is 85.2 Å². The molecule has 0 aromatic rings. The van der Waals surface area contributed by atoms with Crippen LogP contribution in [0.2, 0.25) is 0 Å². The molecule has 2 N–H and O–H groups in total. The molecule has 0 heterocycles. The van der Waals surface area contributed by atoms with Crippen molar-refractivity contribution >= 4 is 5.91 Å². The second kappa shape index (κ2) is 4.13. The van der Waals surface area contributed by atoms with E-state index >= 15 is 0 Å². The maximum Gasteiger partial charge on any atom is 0.224 e. The van der Waals surface area contributed by atoms with Crippen LogP contribution in [0, 0.1) is 5.92 Å². The van der Waals surface area contributed by atoms with Crippen molar-refractivity contribution in [2.24, 2.45) is 5.92 Å². The summed E-state index contributed by atoms with van der Waals surface area (Å²) < 4.78 is 0. The zero-order valence-electron chi connectivity index (χ0n) is 9.08. The van der Waals surface area contributed by atoms with E-state index in [1.54, 1.807) is 13.8 Å². The van der Waals surface area contributed by atoms with Gasteiger partial charge in [-0.15, -0.1) is 0 Å². The molecule has 0 aromatic carbocycles. The number of hydrogen-bond donors (Lipinski definition) is 2. The molecule has 1 atom stereocenters. The largest absolute Gasteiger partial charge is 0.388 e. The van der Waals surface area contributed by atoms with Crippen molar-refractivity contribution < 1.29 is 9.90 Å². The van der Waals surface area contributed by atoms with E-state index < -0.39 is 5.60 Å². The molecule has 0 bridgehead atoms. The van der Waals surface area contributed by atoms with E-state index in [0.29, 0.717) is 0 Å². The van der Waals surface area contributed by atoms with Gasteiger partial charge in [0.05, 0.1) is 11.6 Å². The lowest BCUT2D eigenvalue weighted by molar-refractivity contribution is -0.127.